The number of amides is 2. The van der Waals surface area contributed by atoms with Crippen molar-refractivity contribution in [2.75, 3.05) is 0 Å². The minimum absolute atomic E-state index is 0.0580. The fraction of sp³-hybridized carbons (Fsp3) is 0.0435. The molecule has 3 aromatic carbocycles. The molecule has 1 aliphatic heterocycles. The van der Waals surface area contributed by atoms with Crippen molar-refractivity contribution in [3.05, 3.63) is 108 Å². The average Bonchev–Trinajstić information content (AvgIpc) is 3.09. The summed E-state index contributed by atoms with van der Waals surface area (Å²) < 4.78 is 5.53. The molecule has 1 saturated heterocycles. The van der Waals surface area contributed by atoms with Gasteiger partial charge in [0.15, 0.2) is 0 Å². The topological polar surface area (TPSA) is 133 Å². The third-order valence-electron chi connectivity index (χ3n) is 4.92. The van der Waals surface area contributed by atoms with Crippen molar-refractivity contribution in [1.82, 2.24) is 4.90 Å². The molecule has 1 fully saturated rings. The Hall–Kier alpha value is -4.22. The summed E-state index contributed by atoms with van der Waals surface area (Å²) in [6, 6.07) is 16.3. The molecule has 176 valence electrons. The number of nitrogens with zero attached hydrogens (tertiary/aromatic N) is 3. The minimum atomic E-state index is -0.768. The molecule has 2 amide bonds. The molecule has 35 heavy (non-hydrogen) atoms. The zero-order chi connectivity index (χ0) is 25.1. The third-order valence-corrected chi connectivity index (χ3v) is 6.19. The van der Waals surface area contributed by atoms with Crippen LogP contribution in [0.1, 0.15) is 11.1 Å². The summed E-state index contributed by atoms with van der Waals surface area (Å²) >= 11 is 6.95. The van der Waals surface area contributed by atoms with Crippen LogP contribution in [0.4, 0.5) is 16.2 Å². The smallest absolute Gasteiger partial charge is 0.318 e. The van der Waals surface area contributed by atoms with E-state index in [4.69, 9.17) is 16.3 Å². The van der Waals surface area contributed by atoms with Crippen LogP contribution >= 0.6 is 23.4 Å². The summed E-state index contributed by atoms with van der Waals surface area (Å²) in [4.78, 5) is 47.1. The van der Waals surface area contributed by atoms with Gasteiger partial charge in [0.05, 0.1) is 27.4 Å². The lowest BCUT2D eigenvalue weighted by Gasteiger charge is -2.13. The van der Waals surface area contributed by atoms with Gasteiger partial charge in [0.2, 0.25) is 5.75 Å². The average molecular weight is 512 g/mol. The summed E-state index contributed by atoms with van der Waals surface area (Å²) in [6.07, 6.45) is 1.55. The normalized spacial score (nSPS) is 14.4. The SMILES string of the molecule is O=C1S/C(=C\c2ccc(Oc3ccc([N+](=O)[O-])cc3[N+](=O)[O-])cc2)C(=O)N1Cc1ccccc1Cl. The highest BCUT2D eigenvalue weighted by atomic mass is 35.5. The lowest BCUT2D eigenvalue weighted by molar-refractivity contribution is -0.394. The van der Waals surface area contributed by atoms with Crippen LogP contribution in [0.15, 0.2) is 71.6 Å². The van der Waals surface area contributed by atoms with Gasteiger partial charge in [-0.05, 0) is 53.2 Å². The molecular formula is C23H14ClN3O7S. The third kappa shape index (κ3) is 5.31. The van der Waals surface area contributed by atoms with Crippen LogP contribution in [0.25, 0.3) is 6.08 Å². The van der Waals surface area contributed by atoms with Gasteiger partial charge in [-0.2, -0.15) is 0 Å². The monoisotopic (exact) mass is 511 g/mol. The van der Waals surface area contributed by atoms with Crippen LogP contribution in [0.2, 0.25) is 5.02 Å². The number of benzene rings is 3. The van der Waals surface area contributed by atoms with E-state index in [2.05, 4.69) is 0 Å². The van der Waals surface area contributed by atoms with Gasteiger partial charge in [-0.3, -0.25) is 34.7 Å². The number of carbonyl (C=O) groups is 2. The number of imide groups is 1. The molecule has 0 N–H and O–H groups in total. The molecule has 4 rings (SSSR count). The second-order valence-corrected chi connectivity index (χ2v) is 8.60. The van der Waals surface area contributed by atoms with E-state index in [1.54, 1.807) is 42.5 Å². The molecule has 0 bridgehead atoms. The summed E-state index contributed by atoms with van der Waals surface area (Å²) in [7, 11) is 0. The molecule has 10 nitrogen and oxygen atoms in total. The van der Waals surface area contributed by atoms with Crippen molar-refractivity contribution in [3.8, 4) is 11.5 Å². The molecule has 3 aromatic rings. The number of halogens is 1. The van der Waals surface area contributed by atoms with Gasteiger partial charge in [0.1, 0.15) is 5.75 Å². The number of rotatable bonds is 7. The van der Waals surface area contributed by atoms with Crippen molar-refractivity contribution in [3.63, 3.8) is 0 Å². The summed E-state index contributed by atoms with van der Waals surface area (Å²) in [5.74, 6) is -0.360. The number of non-ortho nitro benzene ring substituents is 1. The fourth-order valence-corrected chi connectivity index (χ4v) is 4.23. The van der Waals surface area contributed by atoms with Gasteiger partial charge in [0, 0.05) is 11.1 Å². The Kier molecular flexibility index (Phi) is 6.80. The minimum Gasteiger partial charge on any atom is -0.450 e. The van der Waals surface area contributed by atoms with E-state index in [9.17, 15) is 29.8 Å². The molecule has 0 atom stereocenters. The van der Waals surface area contributed by atoms with Crippen LogP contribution in [0.5, 0.6) is 11.5 Å². The standard InChI is InChI=1S/C23H14ClN3O7S/c24-18-4-2-1-3-15(18)13-25-22(28)21(35-23(25)29)11-14-5-8-17(9-6-14)34-20-10-7-16(26(30)31)12-19(20)27(32)33/h1-12H,13H2/b21-11-. The molecule has 0 aliphatic carbocycles. The first-order chi connectivity index (χ1) is 16.7. The first-order valence-electron chi connectivity index (χ1n) is 9.92. The van der Waals surface area contributed by atoms with Gasteiger partial charge in [-0.1, -0.05) is 41.9 Å². The van der Waals surface area contributed by atoms with Crippen LogP contribution in [-0.2, 0) is 11.3 Å². The highest BCUT2D eigenvalue weighted by molar-refractivity contribution is 8.18. The molecule has 0 saturated carbocycles. The van der Waals surface area contributed by atoms with Crippen molar-refractivity contribution >= 4 is 52.0 Å². The molecule has 1 heterocycles. The zero-order valence-corrected chi connectivity index (χ0v) is 19.2. The highest BCUT2D eigenvalue weighted by Crippen LogP contribution is 2.36. The first kappa shape index (κ1) is 23.9. The van der Waals surface area contributed by atoms with Crippen molar-refractivity contribution < 1.29 is 24.2 Å². The number of thioether (sulfide) groups is 1. The van der Waals surface area contributed by atoms with Crippen molar-refractivity contribution in [1.29, 1.82) is 0 Å². The van der Waals surface area contributed by atoms with Gasteiger partial charge in [-0.15, -0.1) is 0 Å². The number of hydrogen-bond donors (Lipinski definition) is 0. The van der Waals surface area contributed by atoms with Gasteiger partial charge < -0.3 is 4.74 Å². The van der Waals surface area contributed by atoms with E-state index < -0.39 is 32.4 Å². The Labute approximate surface area is 207 Å². The first-order valence-corrected chi connectivity index (χ1v) is 11.1. The van der Waals surface area contributed by atoms with Gasteiger partial charge >= 0.3 is 5.69 Å². The van der Waals surface area contributed by atoms with E-state index in [1.165, 1.54) is 12.1 Å². The van der Waals surface area contributed by atoms with E-state index in [0.29, 0.717) is 16.1 Å². The van der Waals surface area contributed by atoms with Gasteiger partial charge in [-0.25, -0.2) is 0 Å². The van der Waals surface area contributed by atoms with Crippen LogP contribution in [0, 0.1) is 20.2 Å². The number of hydrogen-bond acceptors (Lipinski definition) is 8. The van der Waals surface area contributed by atoms with Crippen molar-refractivity contribution in [2.24, 2.45) is 0 Å². The number of ether oxygens (including phenoxy) is 1. The maximum atomic E-state index is 12.8. The summed E-state index contributed by atoms with van der Waals surface area (Å²) in [5, 5.41) is 22.2. The predicted molar refractivity (Wildman–Crippen MR) is 129 cm³/mol. The predicted octanol–water partition coefficient (Wildman–Crippen LogP) is 6.19. The van der Waals surface area contributed by atoms with Crippen LogP contribution in [0.3, 0.4) is 0 Å². The Balaban J connectivity index is 1.50. The molecule has 12 heteroatoms. The van der Waals surface area contributed by atoms with E-state index in [-0.39, 0.29) is 22.9 Å². The maximum Gasteiger partial charge on any atom is 0.318 e. The molecule has 0 spiro atoms. The van der Waals surface area contributed by atoms with Crippen molar-refractivity contribution in [2.45, 2.75) is 6.54 Å². The summed E-state index contributed by atoms with van der Waals surface area (Å²) in [6.45, 7) is 0.0580. The number of nitro benzene ring substituents is 2. The molecule has 1 aliphatic rings. The van der Waals surface area contributed by atoms with Gasteiger partial charge in [0.25, 0.3) is 16.8 Å². The lowest BCUT2D eigenvalue weighted by Crippen LogP contribution is -2.27. The molecule has 0 aromatic heterocycles. The highest BCUT2D eigenvalue weighted by Gasteiger charge is 2.35. The number of carbonyl (C=O) groups excluding carboxylic acids is 2. The van der Waals surface area contributed by atoms with Crippen LogP contribution in [-0.4, -0.2) is 25.9 Å². The fourth-order valence-electron chi connectivity index (χ4n) is 3.19. The van der Waals surface area contributed by atoms with E-state index in [1.807, 2.05) is 0 Å². The molecule has 0 radical (unpaired) electrons. The summed E-state index contributed by atoms with van der Waals surface area (Å²) in [5.41, 5.74) is 0.275. The van der Waals surface area contributed by atoms with E-state index >= 15 is 0 Å². The van der Waals surface area contributed by atoms with E-state index in [0.717, 1.165) is 34.9 Å². The quantitative estimate of drug-likeness (QED) is 0.208. The molecular weight excluding hydrogens is 498 g/mol. The molecule has 0 unspecified atom stereocenters. The Bertz CT molecular complexity index is 1390. The Morgan fingerprint density at radius 1 is 0.971 bits per heavy atom. The Morgan fingerprint density at radius 3 is 2.34 bits per heavy atom. The lowest BCUT2D eigenvalue weighted by atomic mass is 10.2. The van der Waals surface area contributed by atoms with Crippen LogP contribution < -0.4 is 4.74 Å². The number of nitro groups is 2. The second-order valence-electron chi connectivity index (χ2n) is 7.20. The maximum absolute atomic E-state index is 12.8. The largest absolute Gasteiger partial charge is 0.450 e. The second kappa shape index (κ2) is 9.95. The zero-order valence-electron chi connectivity index (χ0n) is 17.6. The Morgan fingerprint density at radius 2 is 1.69 bits per heavy atom.